The van der Waals surface area contributed by atoms with E-state index in [1.54, 1.807) is 64.2 Å². The number of fused-ring (bicyclic) bond motifs is 1. The van der Waals surface area contributed by atoms with Crippen LogP contribution in [0.15, 0.2) is 90.2 Å². The smallest absolute Gasteiger partial charge is 0.291 e. The second kappa shape index (κ2) is 38.4. The van der Waals surface area contributed by atoms with Gasteiger partial charge in [-0.05, 0) is 81.5 Å². The second-order valence-corrected chi connectivity index (χ2v) is 27.3. The van der Waals surface area contributed by atoms with Gasteiger partial charge in [0.1, 0.15) is 29.0 Å². The first kappa shape index (κ1) is 82.1. The van der Waals surface area contributed by atoms with Crippen molar-refractivity contribution in [2.75, 3.05) is 132 Å². The lowest BCUT2D eigenvalue weighted by atomic mass is 9.92. The largest absolute Gasteiger partial charge is 0.381 e. The van der Waals surface area contributed by atoms with Crippen LogP contribution < -0.4 is 47.4 Å². The molecule has 7 aromatic heterocycles. The fraction of sp³-hybridized carbons (Fsp3) is 0.440. The summed E-state index contributed by atoms with van der Waals surface area (Å²) in [5.74, 6) is -4.80. The summed E-state index contributed by atoms with van der Waals surface area (Å²) >= 11 is 0. The van der Waals surface area contributed by atoms with Crippen molar-refractivity contribution in [3.05, 3.63) is 143 Å². The highest BCUT2D eigenvalue weighted by Gasteiger charge is 2.40. The molecule has 2 fully saturated rings. The predicted octanol–water partition coefficient (Wildman–Crippen LogP) is 5.01. The zero-order valence-corrected chi connectivity index (χ0v) is 64.1. The van der Waals surface area contributed by atoms with Crippen LogP contribution in [-0.2, 0) is 78.1 Å². The van der Waals surface area contributed by atoms with Crippen LogP contribution in [0.2, 0.25) is 0 Å². The fourth-order valence-corrected chi connectivity index (χ4v) is 13.5. The van der Waals surface area contributed by atoms with Crippen LogP contribution in [0.4, 0.5) is 37.5 Å². The molecule has 11 rings (SSSR count). The monoisotopic (exact) mass is 1570 g/mol. The summed E-state index contributed by atoms with van der Waals surface area (Å²) in [5, 5.41) is 25.5. The highest BCUT2D eigenvalue weighted by atomic mass is 19.2. The van der Waals surface area contributed by atoms with E-state index in [2.05, 4.69) is 67.2 Å². The Hall–Kier alpha value is -11.8. The summed E-state index contributed by atoms with van der Waals surface area (Å²) in [6.45, 7) is 6.89. The number of aromatic nitrogens is 11. The number of piperazine rings is 1. The molecule has 113 heavy (non-hydrogen) atoms. The minimum Gasteiger partial charge on any atom is -0.381 e. The molecule has 0 spiro atoms. The molecule has 1 atom stereocenters. The third-order valence-corrected chi connectivity index (χ3v) is 19.1. The van der Waals surface area contributed by atoms with Crippen LogP contribution in [0, 0.1) is 25.5 Å². The molecule has 38 heteroatoms. The Morgan fingerprint density at radius 1 is 0.558 bits per heavy atom. The highest BCUT2D eigenvalue weighted by molar-refractivity contribution is 6.05. The van der Waals surface area contributed by atoms with Crippen LogP contribution in [-0.4, -0.2) is 222 Å². The number of anilines is 5. The second-order valence-electron chi connectivity index (χ2n) is 27.3. The van der Waals surface area contributed by atoms with Crippen molar-refractivity contribution in [1.29, 1.82) is 0 Å². The van der Waals surface area contributed by atoms with Crippen molar-refractivity contribution in [1.82, 2.24) is 78.7 Å². The Morgan fingerprint density at radius 3 is 1.67 bits per heavy atom. The van der Waals surface area contributed by atoms with Crippen molar-refractivity contribution in [2.45, 2.75) is 77.0 Å². The average Bonchev–Trinajstić information content (AvgIpc) is 0.883. The van der Waals surface area contributed by atoms with Gasteiger partial charge < -0.3 is 98.1 Å². The molecule has 0 unspecified atom stereocenters. The number of hydrogen-bond donors (Lipinski definition) is 8. The molecule has 2 aromatic carbocycles. The summed E-state index contributed by atoms with van der Waals surface area (Å²) in [4.78, 5) is 139. The molecule has 1 saturated carbocycles. The number of aryl methyl sites for hydroxylation is 7. The zero-order chi connectivity index (χ0) is 80.4. The predicted molar refractivity (Wildman–Crippen MR) is 407 cm³/mol. The molecule has 0 radical (unpaired) electrons. The molecule has 9 aromatic rings. The van der Waals surface area contributed by atoms with Crippen molar-refractivity contribution in [2.24, 2.45) is 35.2 Å². The number of nitrogens with one attached hydrogen (secondary N) is 8. The van der Waals surface area contributed by atoms with Crippen molar-refractivity contribution < 1.29 is 80.1 Å². The number of halogens is 2. The number of benzene rings is 2. The van der Waals surface area contributed by atoms with Gasteiger partial charge in [0.25, 0.3) is 29.5 Å². The quantitative estimate of drug-likeness (QED) is 0.0236. The van der Waals surface area contributed by atoms with Gasteiger partial charge in [-0.1, -0.05) is 11.2 Å². The van der Waals surface area contributed by atoms with E-state index >= 15 is 0 Å². The summed E-state index contributed by atoms with van der Waals surface area (Å²) < 4.78 is 73.0. The van der Waals surface area contributed by atoms with E-state index in [4.69, 9.17) is 33.2 Å². The lowest BCUT2D eigenvalue weighted by molar-refractivity contribution is -0.123. The summed E-state index contributed by atoms with van der Waals surface area (Å²) in [5.41, 5.74) is 5.40. The van der Waals surface area contributed by atoms with Gasteiger partial charge in [-0.3, -0.25) is 53.0 Å². The van der Waals surface area contributed by atoms with Gasteiger partial charge in [0.05, 0.1) is 93.6 Å². The Kier molecular flexibility index (Phi) is 27.9. The van der Waals surface area contributed by atoms with E-state index in [0.29, 0.717) is 56.8 Å². The maximum absolute atomic E-state index is 14.9. The molecule has 1 saturated heterocycles. The number of methoxy groups -OCH3 is 1. The molecular formula is C75H93F2N21O15. The molecule has 602 valence electrons. The maximum Gasteiger partial charge on any atom is 0.291 e. The number of hydrogen-bond acceptors (Lipinski definition) is 21. The van der Waals surface area contributed by atoms with E-state index < -0.39 is 59.0 Å². The number of carbonyl (C=O) groups excluding carboxylic acids is 9. The maximum atomic E-state index is 14.9. The lowest BCUT2D eigenvalue weighted by Crippen LogP contribution is -2.53. The van der Waals surface area contributed by atoms with Crippen molar-refractivity contribution in [3.63, 3.8) is 0 Å². The topological polar surface area (TPSA) is 410 Å². The molecule has 0 bridgehead atoms. The Bertz CT molecular complexity index is 4890. The minimum atomic E-state index is -1.06. The minimum absolute atomic E-state index is 0.00175. The van der Waals surface area contributed by atoms with E-state index in [1.165, 1.54) is 61.3 Å². The Morgan fingerprint density at radius 2 is 1.12 bits per heavy atom. The molecule has 8 N–H and O–H groups in total. The van der Waals surface area contributed by atoms with Gasteiger partial charge in [-0.25, -0.2) is 28.7 Å². The normalized spacial score (nSPS) is 15.2. The van der Waals surface area contributed by atoms with Gasteiger partial charge >= 0.3 is 0 Å². The number of nitrogens with zero attached hydrogens (tertiary/aromatic N) is 13. The summed E-state index contributed by atoms with van der Waals surface area (Å²) in [6, 6.07) is 11.9. The standard InChI is InChI=1S/C75H93F2N21O15/c1-45-66(46(2)113-90-45)47-9-16-56-55(35-47)85-67(98(56)50-10-13-52(108-8)14-11-50)59-41-96(44-65(102)97(59)51-12-15-53(76)54(77)38-51)26-28-110-30-32-112-34-33-111-31-29-109-27-24-78-62(99)17-20-82-73(105)69-88-60(42-94(69)6)86-63(100)18-21-81-72(104)58-37-49(40-93(58)5)84-75(107)70-89-61(43-95(70)7)87-64(101)19-22-80-71(103)57-36-48(39-92(57)4)83-74(106)68-79-23-25-91(68)3/h9,12,15-16,23,25,35-40,42-43,50,52,59H,10-11,13-14,17-22,24,26-34,41,44H2,1-8H3,(H,78,99)(H,80,103)(H,81,104)(H,82,105)(H,83,106)(H,84,107)(H,86,100)(H,87,101)/t50?,52?,59-/m0/s1. The van der Waals surface area contributed by atoms with Crippen LogP contribution in [0.1, 0.15) is 127 Å². The van der Waals surface area contributed by atoms with Gasteiger partial charge in [-0.15, -0.1) is 0 Å². The molecule has 9 amide bonds. The van der Waals surface area contributed by atoms with Crippen molar-refractivity contribution in [3.8, 4) is 11.1 Å². The van der Waals surface area contributed by atoms with E-state index in [1.807, 2.05) is 36.9 Å². The third kappa shape index (κ3) is 21.2. The molecular weight excluding hydrogens is 1470 g/mol. The van der Waals surface area contributed by atoms with Gasteiger partial charge in [0, 0.05) is 161 Å². The number of amides is 9. The van der Waals surface area contributed by atoms with E-state index in [-0.39, 0.29) is 154 Å². The summed E-state index contributed by atoms with van der Waals surface area (Å²) in [6.07, 6.45) is 12.2. The molecule has 1 aliphatic heterocycles. The Balaban J connectivity index is 0.518. The Labute approximate surface area is 647 Å². The van der Waals surface area contributed by atoms with Crippen LogP contribution in [0.5, 0.6) is 0 Å². The average molecular weight is 1570 g/mol. The highest BCUT2D eigenvalue weighted by Crippen LogP contribution is 2.41. The first-order chi connectivity index (χ1) is 54.4. The van der Waals surface area contributed by atoms with Gasteiger partial charge in [-0.2, -0.15) is 0 Å². The molecule has 36 nitrogen and oxygen atoms in total. The number of imidazole rings is 4. The van der Waals surface area contributed by atoms with Crippen LogP contribution in [0.3, 0.4) is 0 Å². The molecule has 8 heterocycles. The number of ether oxygens (including phenoxy) is 5. The van der Waals surface area contributed by atoms with Gasteiger partial charge in [0.15, 0.2) is 29.1 Å². The first-order valence-electron chi connectivity index (χ1n) is 36.9. The SMILES string of the molecule is COC1CCC(n2c([C@@H]3CN(CCOCCOCCOCCOCCNC(=O)CCNC(=O)c4nc(NC(=O)CCNC(=O)c5cc(NC(=O)c6nc(NC(=O)CCNC(=O)c7cc(NC(=O)c8nccn8C)cn7C)cn6C)cn5C)cn4C)CC(=O)N3c3ccc(F)c(F)c3)nc3cc(-c4c(C)noc4C)ccc32)CC1. The number of rotatable bonds is 38. The van der Waals surface area contributed by atoms with Crippen LogP contribution >= 0.6 is 0 Å². The molecule has 1 aliphatic carbocycles. The zero-order valence-electron chi connectivity index (χ0n) is 64.1. The van der Waals surface area contributed by atoms with Gasteiger partial charge in [0.2, 0.25) is 35.3 Å². The lowest BCUT2D eigenvalue weighted by Gasteiger charge is -2.41. The number of carbonyl (C=O) groups is 9. The third-order valence-electron chi connectivity index (χ3n) is 19.1. The van der Waals surface area contributed by atoms with E-state index in [0.717, 1.165) is 65.7 Å². The summed E-state index contributed by atoms with van der Waals surface area (Å²) in [7, 11) is 9.75. The first-order valence-corrected chi connectivity index (χ1v) is 36.9. The molecule has 2 aliphatic rings. The fourth-order valence-electron chi connectivity index (χ4n) is 13.5. The van der Waals surface area contributed by atoms with Crippen molar-refractivity contribution >= 4 is 92.9 Å². The van der Waals surface area contributed by atoms with E-state index in [9.17, 15) is 51.9 Å². The van der Waals surface area contributed by atoms with Crippen LogP contribution in [0.25, 0.3) is 22.2 Å².